The van der Waals surface area contributed by atoms with Gasteiger partial charge in [-0.15, -0.1) is 0 Å². The Morgan fingerprint density at radius 3 is 2.59 bits per heavy atom. The number of aromatic nitrogens is 1. The van der Waals surface area contributed by atoms with Gasteiger partial charge in [0.05, 0.1) is 22.2 Å². The molecule has 9 heteroatoms. The lowest BCUT2D eigenvalue weighted by Crippen LogP contribution is -2.29. The highest BCUT2D eigenvalue weighted by Crippen LogP contribution is 2.44. The van der Waals surface area contributed by atoms with Crippen LogP contribution < -0.4 is 4.90 Å². The molecule has 1 amide bonds. The molecule has 2 N–H and O–H groups in total. The lowest BCUT2D eigenvalue weighted by molar-refractivity contribution is -0.384. The summed E-state index contributed by atoms with van der Waals surface area (Å²) in [4.78, 5) is 41.8. The second kappa shape index (κ2) is 7.95. The molecule has 1 atom stereocenters. The number of rotatable bonds is 4. The third-order valence-electron chi connectivity index (χ3n) is 5.17. The average Bonchev–Trinajstić information content (AvgIpc) is 3.06. The van der Waals surface area contributed by atoms with E-state index in [1.165, 1.54) is 36.7 Å². The Balaban J connectivity index is 1.97. The van der Waals surface area contributed by atoms with Gasteiger partial charge in [0.2, 0.25) is 0 Å². The standard InChI is InChI=1S/C23H17N3O6/c1-13-7-8-18(27)17(10-13)25-20(15-5-3-9-24-12-15)19(22(29)23(25)30)21(28)14-4-2-6-16(11-14)26(31)32/h2-12,20,27-28H,1H3/b21-19-. The number of amides is 1. The number of aliphatic hydroxyl groups excluding tert-OH is 1. The van der Waals surface area contributed by atoms with E-state index >= 15 is 0 Å². The molecule has 2 aromatic carbocycles. The fourth-order valence-corrected chi connectivity index (χ4v) is 3.68. The minimum Gasteiger partial charge on any atom is -0.507 e. The Hall–Kier alpha value is -4.53. The van der Waals surface area contributed by atoms with Crippen molar-refractivity contribution in [3.63, 3.8) is 0 Å². The summed E-state index contributed by atoms with van der Waals surface area (Å²) in [5.74, 6) is -2.72. The van der Waals surface area contributed by atoms with E-state index in [1.807, 2.05) is 0 Å². The van der Waals surface area contributed by atoms with Crippen molar-refractivity contribution < 1.29 is 24.7 Å². The third kappa shape index (κ3) is 3.45. The van der Waals surface area contributed by atoms with Gasteiger partial charge in [0.15, 0.2) is 0 Å². The van der Waals surface area contributed by atoms with Gasteiger partial charge in [-0.2, -0.15) is 0 Å². The van der Waals surface area contributed by atoms with Crippen LogP contribution in [0.4, 0.5) is 11.4 Å². The summed E-state index contributed by atoms with van der Waals surface area (Å²) in [5, 5.41) is 32.6. The minimum absolute atomic E-state index is 0.0135. The van der Waals surface area contributed by atoms with Crippen molar-refractivity contribution in [2.24, 2.45) is 0 Å². The number of aliphatic hydroxyl groups is 1. The number of nitrogens with zero attached hydrogens (tertiary/aromatic N) is 3. The molecule has 0 saturated carbocycles. The predicted molar refractivity (Wildman–Crippen MR) is 115 cm³/mol. The maximum atomic E-state index is 13.1. The molecular weight excluding hydrogens is 414 g/mol. The number of hydrogen-bond acceptors (Lipinski definition) is 7. The number of Topliss-reactive ketones (excluding diaryl/α,β-unsaturated/α-hetero) is 1. The second-order valence-corrected chi connectivity index (χ2v) is 7.26. The number of carbonyl (C=O) groups is 2. The predicted octanol–water partition coefficient (Wildman–Crippen LogP) is 3.63. The number of nitro groups is 1. The van der Waals surface area contributed by atoms with Crippen LogP contribution in [0.1, 0.15) is 22.7 Å². The first-order valence-corrected chi connectivity index (χ1v) is 9.55. The maximum Gasteiger partial charge on any atom is 0.300 e. The molecule has 0 bridgehead atoms. The van der Waals surface area contributed by atoms with Crippen molar-refractivity contribution in [2.45, 2.75) is 13.0 Å². The SMILES string of the molecule is Cc1ccc(O)c(N2C(=O)C(=O)/C(=C(\O)c3cccc([N+](=O)[O-])c3)C2c2cccnc2)c1. The molecule has 1 aliphatic heterocycles. The molecule has 4 rings (SSSR count). The number of benzene rings is 2. The highest BCUT2D eigenvalue weighted by molar-refractivity contribution is 6.51. The zero-order valence-corrected chi connectivity index (χ0v) is 16.8. The number of aryl methyl sites for hydroxylation is 1. The molecule has 1 saturated heterocycles. The first-order valence-electron chi connectivity index (χ1n) is 9.55. The Kier molecular flexibility index (Phi) is 5.15. The van der Waals surface area contributed by atoms with Crippen LogP contribution in [0, 0.1) is 17.0 Å². The number of nitro benzene ring substituents is 1. The number of carbonyl (C=O) groups excluding carboxylic acids is 2. The first-order chi connectivity index (χ1) is 15.3. The minimum atomic E-state index is -1.10. The zero-order valence-electron chi connectivity index (χ0n) is 16.8. The molecule has 0 spiro atoms. The summed E-state index contributed by atoms with van der Waals surface area (Å²) in [6, 6.07) is 11.9. The largest absolute Gasteiger partial charge is 0.507 e. The smallest absolute Gasteiger partial charge is 0.300 e. The van der Waals surface area contributed by atoms with Crippen molar-refractivity contribution in [1.82, 2.24) is 4.98 Å². The van der Waals surface area contributed by atoms with E-state index in [0.29, 0.717) is 5.56 Å². The van der Waals surface area contributed by atoms with Crippen molar-refractivity contribution in [1.29, 1.82) is 0 Å². The van der Waals surface area contributed by atoms with Crippen LogP contribution in [0.5, 0.6) is 5.75 Å². The van der Waals surface area contributed by atoms with E-state index in [9.17, 15) is 29.9 Å². The van der Waals surface area contributed by atoms with Gasteiger partial charge in [0.25, 0.3) is 17.4 Å². The van der Waals surface area contributed by atoms with E-state index in [4.69, 9.17) is 0 Å². The molecule has 1 aromatic heterocycles. The number of ketones is 1. The van der Waals surface area contributed by atoms with E-state index < -0.39 is 28.4 Å². The molecule has 1 aliphatic rings. The van der Waals surface area contributed by atoms with E-state index in [0.717, 1.165) is 16.5 Å². The number of phenolic OH excluding ortho intramolecular Hbond substituents is 1. The second-order valence-electron chi connectivity index (χ2n) is 7.26. The Bertz CT molecular complexity index is 1290. The average molecular weight is 431 g/mol. The van der Waals surface area contributed by atoms with Crippen LogP contribution in [-0.2, 0) is 9.59 Å². The number of anilines is 1. The fourth-order valence-electron chi connectivity index (χ4n) is 3.68. The molecule has 3 aromatic rings. The molecule has 0 radical (unpaired) electrons. The van der Waals surface area contributed by atoms with Gasteiger partial charge >= 0.3 is 0 Å². The van der Waals surface area contributed by atoms with Crippen LogP contribution >= 0.6 is 0 Å². The Morgan fingerprint density at radius 1 is 1.12 bits per heavy atom. The molecular formula is C23H17N3O6. The molecule has 32 heavy (non-hydrogen) atoms. The van der Waals surface area contributed by atoms with Gasteiger partial charge in [-0.25, -0.2) is 0 Å². The number of hydrogen-bond donors (Lipinski definition) is 2. The maximum absolute atomic E-state index is 13.1. The van der Waals surface area contributed by atoms with Gasteiger partial charge in [0, 0.05) is 30.1 Å². The van der Waals surface area contributed by atoms with E-state index in [1.54, 1.807) is 31.2 Å². The van der Waals surface area contributed by atoms with E-state index in [2.05, 4.69) is 4.98 Å². The zero-order chi connectivity index (χ0) is 23.0. The summed E-state index contributed by atoms with van der Waals surface area (Å²) >= 11 is 0. The number of non-ortho nitro benzene ring substituents is 1. The van der Waals surface area contributed by atoms with Crippen LogP contribution in [0.15, 0.2) is 72.6 Å². The normalized spacial score (nSPS) is 17.5. The summed E-state index contributed by atoms with van der Waals surface area (Å²) in [5.41, 5.74) is 0.725. The van der Waals surface area contributed by atoms with Gasteiger partial charge in [-0.3, -0.25) is 29.6 Å². The molecule has 1 unspecified atom stereocenters. The molecule has 9 nitrogen and oxygen atoms in total. The lowest BCUT2D eigenvalue weighted by atomic mass is 9.96. The summed E-state index contributed by atoms with van der Waals surface area (Å²) in [7, 11) is 0. The van der Waals surface area contributed by atoms with Crippen LogP contribution in [-0.4, -0.2) is 31.8 Å². The van der Waals surface area contributed by atoms with Crippen molar-refractivity contribution >= 4 is 28.8 Å². The molecule has 160 valence electrons. The van der Waals surface area contributed by atoms with E-state index in [-0.39, 0.29) is 28.3 Å². The van der Waals surface area contributed by atoms with Gasteiger partial charge in [-0.1, -0.05) is 24.3 Å². The Labute approximate surface area is 182 Å². The van der Waals surface area contributed by atoms with Crippen LogP contribution in [0.3, 0.4) is 0 Å². The van der Waals surface area contributed by atoms with Gasteiger partial charge < -0.3 is 10.2 Å². The van der Waals surface area contributed by atoms with Crippen LogP contribution in [0.2, 0.25) is 0 Å². The fraction of sp³-hybridized carbons (Fsp3) is 0.0870. The van der Waals surface area contributed by atoms with Crippen molar-refractivity contribution in [3.8, 4) is 5.75 Å². The Morgan fingerprint density at radius 2 is 1.91 bits per heavy atom. The number of pyridine rings is 1. The van der Waals surface area contributed by atoms with Crippen molar-refractivity contribution in [2.75, 3.05) is 4.90 Å². The number of aromatic hydroxyl groups is 1. The lowest BCUT2D eigenvalue weighted by Gasteiger charge is -2.26. The summed E-state index contributed by atoms with van der Waals surface area (Å²) in [6.45, 7) is 1.77. The van der Waals surface area contributed by atoms with Gasteiger partial charge in [0.1, 0.15) is 11.5 Å². The summed E-state index contributed by atoms with van der Waals surface area (Å²) < 4.78 is 0. The quantitative estimate of drug-likeness (QED) is 0.212. The summed E-state index contributed by atoms with van der Waals surface area (Å²) in [6.07, 6.45) is 2.96. The molecule has 0 aliphatic carbocycles. The third-order valence-corrected chi connectivity index (χ3v) is 5.17. The van der Waals surface area contributed by atoms with Gasteiger partial charge in [-0.05, 0) is 36.2 Å². The molecule has 1 fully saturated rings. The monoisotopic (exact) mass is 431 g/mol. The van der Waals surface area contributed by atoms with Crippen LogP contribution in [0.25, 0.3) is 5.76 Å². The molecule has 2 heterocycles. The highest BCUT2D eigenvalue weighted by atomic mass is 16.6. The topological polar surface area (TPSA) is 134 Å². The number of phenols is 1. The van der Waals surface area contributed by atoms with Crippen molar-refractivity contribution in [3.05, 3.63) is 99.4 Å². The highest BCUT2D eigenvalue weighted by Gasteiger charge is 2.47. The first kappa shape index (κ1) is 20.7.